The maximum atomic E-state index is 12.8. The van der Waals surface area contributed by atoms with Gasteiger partial charge in [0.25, 0.3) is 5.91 Å². The van der Waals surface area contributed by atoms with Crippen LogP contribution in [0.15, 0.2) is 48.5 Å². The third-order valence-electron chi connectivity index (χ3n) is 4.82. The lowest BCUT2D eigenvalue weighted by molar-refractivity contribution is 0.102. The van der Waals surface area contributed by atoms with Crippen molar-refractivity contribution in [3.8, 4) is 5.75 Å². The first kappa shape index (κ1) is 19.9. The van der Waals surface area contributed by atoms with Crippen LogP contribution in [0.4, 0.5) is 5.95 Å². The molecule has 6 heteroatoms. The number of aromatic nitrogens is 2. The van der Waals surface area contributed by atoms with Gasteiger partial charge in [-0.1, -0.05) is 32.0 Å². The average molecular weight is 380 g/mol. The van der Waals surface area contributed by atoms with E-state index in [0.717, 1.165) is 37.2 Å². The van der Waals surface area contributed by atoms with E-state index < -0.39 is 0 Å². The summed E-state index contributed by atoms with van der Waals surface area (Å²) >= 11 is 0. The SMILES string of the molecule is CCOc1cccc(C(=O)Nc2nc3ccccc3n2CCN(CC)CC)c1. The number of likely N-dealkylation sites (N-methyl/N-ethyl adjacent to an activating group) is 1. The molecule has 0 fully saturated rings. The molecule has 1 N–H and O–H groups in total. The van der Waals surface area contributed by atoms with E-state index >= 15 is 0 Å². The largest absolute Gasteiger partial charge is 0.494 e. The van der Waals surface area contributed by atoms with Crippen LogP contribution in [0.1, 0.15) is 31.1 Å². The van der Waals surface area contributed by atoms with E-state index in [1.807, 2.05) is 43.3 Å². The van der Waals surface area contributed by atoms with E-state index in [4.69, 9.17) is 4.74 Å². The standard InChI is InChI=1S/C22H28N4O2/c1-4-25(5-2)14-15-26-20-13-8-7-12-19(20)23-22(26)24-21(27)17-10-9-11-18(16-17)28-6-3/h7-13,16H,4-6,14-15H2,1-3H3,(H,23,24,27). The van der Waals surface area contributed by atoms with Gasteiger partial charge in [0, 0.05) is 18.7 Å². The Kier molecular flexibility index (Phi) is 6.66. The van der Waals surface area contributed by atoms with Crippen LogP contribution >= 0.6 is 0 Å². The summed E-state index contributed by atoms with van der Waals surface area (Å²) in [5, 5.41) is 2.98. The first-order valence-electron chi connectivity index (χ1n) is 9.88. The molecule has 1 heterocycles. The van der Waals surface area contributed by atoms with Crippen molar-refractivity contribution < 1.29 is 9.53 Å². The second-order valence-electron chi connectivity index (χ2n) is 6.52. The number of ether oxygens (including phenoxy) is 1. The Balaban J connectivity index is 1.86. The van der Waals surface area contributed by atoms with Crippen LogP contribution < -0.4 is 10.1 Å². The normalized spacial score (nSPS) is 11.1. The fourth-order valence-corrected chi connectivity index (χ4v) is 3.25. The number of amides is 1. The third-order valence-corrected chi connectivity index (χ3v) is 4.82. The number of carbonyl (C=O) groups is 1. The molecule has 0 spiro atoms. The van der Waals surface area contributed by atoms with Gasteiger partial charge in [-0.15, -0.1) is 0 Å². The Morgan fingerprint density at radius 2 is 1.89 bits per heavy atom. The Hall–Kier alpha value is -2.86. The number of hydrogen-bond acceptors (Lipinski definition) is 4. The molecule has 3 aromatic rings. The van der Waals surface area contributed by atoms with E-state index in [1.54, 1.807) is 12.1 Å². The molecule has 28 heavy (non-hydrogen) atoms. The monoisotopic (exact) mass is 380 g/mol. The van der Waals surface area contributed by atoms with Crippen molar-refractivity contribution in [3.63, 3.8) is 0 Å². The molecule has 0 unspecified atom stereocenters. The van der Waals surface area contributed by atoms with E-state index in [2.05, 4.69) is 33.6 Å². The first-order chi connectivity index (χ1) is 13.7. The van der Waals surface area contributed by atoms with Gasteiger partial charge in [-0.25, -0.2) is 4.98 Å². The Morgan fingerprint density at radius 3 is 2.64 bits per heavy atom. The van der Waals surface area contributed by atoms with Crippen LogP contribution in [0.2, 0.25) is 0 Å². The average Bonchev–Trinajstić information content (AvgIpc) is 3.06. The molecule has 0 saturated heterocycles. The number of nitrogens with one attached hydrogen (secondary N) is 1. The number of imidazole rings is 1. The second-order valence-corrected chi connectivity index (χ2v) is 6.52. The van der Waals surface area contributed by atoms with Crippen LogP contribution in [0.3, 0.4) is 0 Å². The van der Waals surface area contributed by atoms with Gasteiger partial charge in [0.15, 0.2) is 0 Å². The molecule has 0 bridgehead atoms. The fraction of sp³-hybridized carbons (Fsp3) is 0.364. The summed E-state index contributed by atoms with van der Waals surface area (Å²) in [6, 6.07) is 15.2. The number of benzene rings is 2. The lowest BCUT2D eigenvalue weighted by Crippen LogP contribution is -2.27. The molecule has 6 nitrogen and oxygen atoms in total. The molecule has 148 valence electrons. The van der Waals surface area contributed by atoms with Crippen LogP contribution in [0.25, 0.3) is 11.0 Å². The van der Waals surface area contributed by atoms with Gasteiger partial charge in [0.1, 0.15) is 5.75 Å². The summed E-state index contributed by atoms with van der Waals surface area (Å²) in [6.45, 7) is 10.4. The molecule has 0 atom stereocenters. The van der Waals surface area contributed by atoms with E-state index in [9.17, 15) is 4.79 Å². The van der Waals surface area contributed by atoms with Gasteiger partial charge in [-0.3, -0.25) is 10.1 Å². The van der Waals surface area contributed by atoms with Gasteiger partial charge >= 0.3 is 0 Å². The third kappa shape index (κ3) is 4.51. The maximum Gasteiger partial charge on any atom is 0.258 e. The van der Waals surface area contributed by atoms with Gasteiger partial charge in [0.05, 0.1) is 17.6 Å². The highest BCUT2D eigenvalue weighted by atomic mass is 16.5. The Labute approximate surface area is 166 Å². The number of anilines is 1. The molecule has 1 aromatic heterocycles. The zero-order valence-corrected chi connectivity index (χ0v) is 16.8. The summed E-state index contributed by atoms with van der Waals surface area (Å²) in [4.78, 5) is 19.8. The quantitative estimate of drug-likeness (QED) is 0.609. The topological polar surface area (TPSA) is 59.4 Å². The summed E-state index contributed by atoms with van der Waals surface area (Å²) in [5.41, 5.74) is 2.45. The van der Waals surface area contributed by atoms with Crippen molar-refractivity contribution in [2.24, 2.45) is 0 Å². The highest BCUT2D eigenvalue weighted by Crippen LogP contribution is 2.21. The zero-order valence-electron chi connectivity index (χ0n) is 16.8. The lowest BCUT2D eigenvalue weighted by atomic mass is 10.2. The number of carbonyl (C=O) groups excluding carboxylic acids is 1. The summed E-state index contributed by atoms with van der Waals surface area (Å²) < 4.78 is 7.58. The Bertz CT molecular complexity index is 931. The van der Waals surface area contributed by atoms with Crippen LogP contribution in [-0.2, 0) is 6.54 Å². The van der Waals surface area contributed by atoms with Crippen molar-refractivity contribution in [1.29, 1.82) is 0 Å². The molecule has 0 aliphatic rings. The minimum absolute atomic E-state index is 0.194. The fourth-order valence-electron chi connectivity index (χ4n) is 3.25. The molecule has 1 amide bonds. The highest BCUT2D eigenvalue weighted by Gasteiger charge is 2.15. The van der Waals surface area contributed by atoms with Crippen LogP contribution in [0, 0.1) is 0 Å². The number of para-hydroxylation sites is 2. The molecule has 0 aliphatic carbocycles. The van der Waals surface area contributed by atoms with E-state index in [0.29, 0.717) is 23.9 Å². The maximum absolute atomic E-state index is 12.8. The summed E-state index contributed by atoms with van der Waals surface area (Å²) in [5.74, 6) is 1.06. The smallest absolute Gasteiger partial charge is 0.258 e. The van der Waals surface area contributed by atoms with Gasteiger partial charge in [-0.05, 0) is 50.3 Å². The minimum atomic E-state index is -0.194. The van der Waals surface area contributed by atoms with Crippen molar-refractivity contribution >= 4 is 22.9 Å². The van der Waals surface area contributed by atoms with Crippen molar-refractivity contribution in [2.75, 3.05) is 31.6 Å². The van der Waals surface area contributed by atoms with Crippen molar-refractivity contribution in [1.82, 2.24) is 14.5 Å². The number of hydrogen-bond donors (Lipinski definition) is 1. The van der Waals surface area contributed by atoms with Crippen LogP contribution in [-0.4, -0.2) is 46.6 Å². The van der Waals surface area contributed by atoms with E-state index in [-0.39, 0.29) is 5.91 Å². The zero-order chi connectivity index (χ0) is 19.9. The molecule has 3 rings (SSSR count). The lowest BCUT2D eigenvalue weighted by Gasteiger charge is -2.19. The molecule has 0 aliphatic heterocycles. The molecule has 0 radical (unpaired) electrons. The second kappa shape index (κ2) is 9.37. The van der Waals surface area contributed by atoms with Crippen molar-refractivity contribution in [2.45, 2.75) is 27.3 Å². The number of nitrogens with zero attached hydrogens (tertiary/aromatic N) is 3. The summed E-state index contributed by atoms with van der Waals surface area (Å²) in [7, 11) is 0. The first-order valence-corrected chi connectivity index (χ1v) is 9.88. The van der Waals surface area contributed by atoms with Gasteiger partial charge in [0.2, 0.25) is 5.95 Å². The van der Waals surface area contributed by atoms with Crippen LogP contribution in [0.5, 0.6) is 5.75 Å². The predicted molar refractivity (Wildman–Crippen MR) is 113 cm³/mol. The molecular weight excluding hydrogens is 352 g/mol. The molecule has 0 saturated carbocycles. The van der Waals surface area contributed by atoms with E-state index in [1.165, 1.54) is 0 Å². The number of fused-ring (bicyclic) bond motifs is 1. The molecule has 2 aromatic carbocycles. The van der Waals surface area contributed by atoms with Gasteiger partial charge < -0.3 is 14.2 Å². The number of rotatable bonds is 9. The van der Waals surface area contributed by atoms with Gasteiger partial charge in [-0.2, -0.15) is 0 Å². The van der Waals surface area contributed by atoms with Crippen molar-refractivity contribution in [3.05, 3.63) is 54.1 Å². The minimum Gasteiger partial charge on any atom is -0.494 e. The predicted octanol–water partition coefficient (Wildman–Crippen LogP) is 4.03. The summed E-state index contributed by atoms with van der Waals surface area (Å²) in [6.07, 6.45) is 0. The Morgan fingerprint density at radius 1 is 1.11 bits per heavy atom. The highest BCUT2D eigenvalue weighted by molar-refractivity contribution is 6.04. The molecular formula is C22H28N4O2.